The summed E-state index contributed by atoms with van der Waals surface area (Å²) in [6, 6.07) is 11.9. The zero-order chi connectivity index (χ0) is 23.1. The Balaban J connectivity index is 1.33. The summed E-state index contributed by atoms with van der Waals surface area (Å²) in [5.74, 6) is -0.445. The van der Waals surface area contributed by atoms with Crippen LogP contribution in [0.15, 0.2) is 48.0 Å². The number of carbonyl (C=O) groups is 2. The van der Waals surface area contributed by atoms with Gasteiger partial charge in [0.2, 0.25) is 0 Å². The van der Waals surface area contributed by atoms with Gasteiger partial charge in [-0.15, -0.1) is 11.3 Å². The van der Waals surface area contributed by atoms with Gasteiger partial charge >= 0.3 is 0 Å². The molecule has 3 heterocycles. The predicted octanol–water partition coefficient (Wildman–Crippen LogP) is 4.44. The van der Waals surface area contributed by atoms with Gasteiger partial charge < -0.3 is 4.90 Å². The number of carbonyl (C=O) groups excluding carboxylic acids is 2. The summed E-state index contributed by atoms with van der Waals surface area (Å²) in [6.07, 6.45) is 1.71. The Labute approximate surface area is 198 Å². The van der Waals surface area contributed by atoms with E-state index >= 15 is 0 Å². The van der Waals surface area contributed by atoms with Crippen LogP contribution in [-0.2, 0) is 6.54 Å². The Bertz CT molecular complexity index is 1200. The van der Waals surface area contributed by atoms with Gasteiger partial charge in [-0.1, -0.05) is 29.8 Å². The number of piperazine rings is 1. The molecule has 2 aliphatic heterocycles. The highest BCUT2D eigenvalue weighted by Gasteiger charge is 2.42. The van der Waals surface area contributed by atoms with Crippen molar-refractivity contribution in [2.75, 3.05) is 31.1 Å². The second kappa shape index (κ2) is 8.72. The van der Waals surface area contributed by atoms with Gasteiger partial charge in [0.15, 0.2) is 0 Å². The van der Waals surface area contributed by atoms with E-state index in [1.54, 1.807) is 12.3 Å². The average Bonchev–Trinajstić information content (AvgIpc) is 3.44. The first-order valence-electron chi connectivity index (χ1n) is 11.4. The van der Waals surface area contributed by atoms with Gasteiger partial charge in [0.05, 0.1) is 22.9 Å². The molecule has 5 rings (SSSR count). The van der Waals surface area contributed by atoms with Gasteiger partial charge in [-0.3, -0.25) is 19.4 Å². The molecule has 1 saturated heterocycles. The molecule has 2 aromatic carbocycles. The second-order valence-corrected chi connectivity index (χ2v) is 9.85. The number of aryl methyl sites for hydroxylation is 2. The summed E-state index contributed by atoms with van der Waals surface area (Å²) in [5, 5.41) is 2.64. The molecule has 6 nitrogen and oxygen atoms in total. The van der Waals surface area contributed by atoms with E-state index in [1.165, 1.54) is 32.9 Å². The Morgan fingerprint density at radius 2 is 1.82 bits per heavy atom. The van der Waals surface area contributed by atoms with Crippen LogP contribution in [0.1, 0.15) is 55.4 Å². The fourth-order valence-corrected chi connectivity index (χ4v) is 5.50. The number of hydrogen-bond donors (Lipinski definition) is 0. The standard InChI is InChI=1S/C26H28N4O2S/c1-17-7-8-18(2)20(15-17)16-28-10-12-29(13-11-28)22-6-4-5-21-23(22)26(32)30(25(21)31)19(3)24-27-9-14-33-24/h4-9,14-15,19H,10-13,16H2,1-3H3. The molecule has 0 saturated carbocycles. The quantitative estimate of drug-likeness (QED) is 0.527. The molecule has 0 spiro atoms. The molecule has 1 unspecified atom stereocenters. The van der Waals surface area contributed by atoms with Crippen LogP contribution in [0.4, 0.5) is 5.69 Å². The average molecular weight is 461 g/mol. The molecule has 1 atom stereocenters. The Kier molecular flexibility index (Phi) is 5.76. The molecule has 7 heteroatoms. The number of hydrogen-bond acceptors (Lipinski definition) is 6. The van der Waals surface area contributed by atoms with Crippen molar-refractivity contribution >= 4 is 28.8 Å². The first kappa shape index (κ1) is 21.8. The first-order valence-corrected chi connectivity index (χ1v) is 12.3. The van der Waals surface area contributed by atoms with Crippen molar-refractivity contribution in [1.29, 1.82) is 0 Å². The van der Waals surface area contributed by atoms with Crippen LogP contribution in [0.5, 0.6) is 0 Å². The Hall–Kier alpha value is -3.03. The lowest BCUT2D eigenvalue weighted by Crippen LogP contribution is -2.46. The van der Waals surface area contributed by atoms with Crippen LogP contribution < -0.4 is 4.90 Å². The maximum absolute atomic E-state index is 13.4. The SMILES string of the molecule is Cc1ccc(C)c(CN2CCN(c3cccc4c3C(=O)N(C(C)c3nccs3)C4=O)CC2)c1. The third kappa shape index (κ3) is 3.96. The van der Waals surface area contributed by atoms with Crippen molar-refractivity contribution in [3.8, 4) is 0 Å². The molecule has 0 bridgehead atoms. The Morgan fingerprint density at radius 3 is 2.55 bits per heavy atom. The number of nitrogens with zero attached hydrogens (tertiary/aromatic N) is 4. The van der Waals surface area contributed by atoms with E-state index in [0.29, 0.717) is 11.1 Å². The molecule has 170 valence electrons. The van der Waals surface area contributed by atoms with Crippen LogP contribution in [0, 0.1) is 13.8 Å². The van der Waals surface area contributed by atoms with Gasteiger partial charge in [0.25, 0.3) is 11.8 Å². The molecule has 1 fully saturated rings. The smallest absolute Gasteiger partial charge is 0.264 e. The fourth-order valence-electron chi connectivity index (χ4n) is 4.81. The summed E-state index contributed by atoms with van der Waals surface area (Å²) in [7, 11) is 0. The van der Waals surface area contributed by atoms with Crippen molar-refractivity contribution in [1.82, 2.24) is 14.8 Å². The molecule has 0 N–H and O–H groups in total. The summed E-state index contributed by atoms with van der Waals surface area (Å²) in [4.78, 5) is 37.0. The van der Waals surface area contributed by atoms with E-state index in [4.69, 9.17) is 0 Å². The fraction of sp³-hybridized carbons (Fsp3) is 0.346. The number of anilines is 1. The number of fused-ring (bicyclic) bond motifs is 1. The zero-order valence-electron chi connectivity index (χ0n) is 19.2. The number of imide groups is 1. The number of rotatable bonds is 5. The molecule has 3 aromatic rings. The lowest BCUT2D eigenvalue weighted by Gasteiger charge is -2.37. The van der Waals surface area contributed by atoms with Crippen LogP contribution in [0.2, 0.25) is 0 Å². The summed E-state index contributed by atoms with van der Waals surface area (Å²) in [6.45, 7) is 10.6. The summed E-state index contributed by atoms with van der Waals surface area (Å²) >= 11 is 1.46. The molecule has 2 amide bonds. The minimum atomic E-state index is -0.375. The summed E-state index contributed by atoms with van der Waals surface area (Å²) in [5.41, 5.74) is 5.88. The maximum atomic E-state index is 13.4. The first-order chi connectivity index (χ1) is 15.9. The van der Waals surface area contributed by atoms with Crippen molar-refractivity contribution in [3.05, 3.63) is 80.8 Å². The van der Waals surface area contributed by atoms with Crippen LogP contribution in [-0.4, -0.2) is 52.8 Å². The third-order valence-electron chi connectivity index (χ3n) is 6.73. The van der Waals surface area contributed by atoms with Crippen LogP contribution in [0.3, 0.4) is 0 Å². The zero-order valence-corrected chi connectivity index (χ0v) is 20.1. The van der Waals surface area contributed by atoms with Crippen molar-refractivity contribution < 1.29 is 9.59 Å². The van der Waals surface area contributed by atoms with Crippen LogP contribution in [0.25, 0.3) is 0 Å². The Morgan fingerprint density at radius 1 is 1.03 bits per heavy atom. The van der Waals surface area contributed by atoms with Gasteiger partial charge in [0.1, 0.15) is 5.01 Å². The van der Waals surface area contributed by atoms with E-state index in [0.717, 1.165) is 43.4 Å². The number of aromatic nitrogens is 1. The molecule has 0 aliphatic carbocycles. The van der Waals surface area contributed by atoms with E-state index < -0.39 is 0 Å². The van der Waals surface area contributed by atoms with E-state index in [1.807, 2.05) is 24.4 Å². The number of benzene rings is 2. The normalized spacial score (nSPS) is 17.5. The maximum Gasteiger partial charge on any atom is 0.264 e. The summed E-state index contributed by atoms with van der Waals surface area (Å²) < 4.78 is 0. The monoisotopic (exact) mass is 460 g/mol. The van der Waals surface area contributed by atoms with Crippen LogP contribution >= 0.6 is 11.3 Å². The minimum absolute atomic E-state index is 0.217. The molecular formula is C26H28N4O2S. The molecule has 33 heavy (non-hydrogen) atoms. The highest BCUT2D eigenvalue weighted by molar-refractivity contribution is 7.09. The predicted molar refractivity (Wildman–Crippen MR) is 131 cm³/mol. The van der Waals surface area contributed by atoms with Gasteiger partial charge in [0, 0.05) is 44.3 Å². The van der Waals surface area contributed by atoms with E-state index in [-0.39, 0.29) is 17.9 Å². The molecule has 1 aromatic heterocycles. The van der Waals surface area contributed by atoms with Crippen molar-refractivity contribution in [2.45, 2.75) is 33.4 Å². The lowest BCUT2D eigenvalue weighted by atomic mass is 10.0. The largest absolute Gasteiger partial charge is 0.368 e. The van der Waals surface area contributed by atoms with Gasteiger partial charge in [-0.05, 0) is 44.0 Å². The molecule has 2 aliphatic rings. The van der Waals surface area contributed by atoms with E-state index in [9.17, 15) is 9.59 Å². The van der Waals surface area contributed by atoms with Crippen molar-refractivity contribution in [2.24, 2.45) is 0 Å². The topological polar surface area (TPSA) is 56.8 Å². The molecular weight excluding hydrogens is 432 g/mol. The van der Waals surface area contributed by atoms with Gasteiger partial charge in [-0.2, -0.15) is 0 Å². The highest BCUT2D eigenvalue weighted by Crippen LogP contribution is 2.37. The van der Waals surface area contributed by atoms with E-state index in [2.05, 4.69) is 46.8 Å². The molecule has 0 radical (unpaired) electrons. The minimum Gasteiger partial charge on any atom is -0.368 e. The van der Waals surface area contributed by atoms with Gasteiger partial charge in [-0.25, -0.2) is 4.98 Å². The lowest BCUT2D eigenvalue weighted by molar-refractivity contribution is 0.0595. The number of thiazole rings is 1. The third-order valence-corrected chi connectivity index (χ3v) is 7.68. The second-order valence-electron chi connectivity index (χ2n) is 8.92. The van der Waals surface area contributed by atoms with Crippen molar-refractivity contribution in [3.63, 3.8) is 0 Å². The number of amides is 2. The highest BCUT2D eigenvalue weighted by atomic mass is 32.1.